The molecule has 0 atom stereocenters. The molecular weight excluding hydrogens is 466 g/mol. The van der Waals surface area contributed by atoms with Crippen LogP contribution in [0.2, 0.25) is 5.02 Å². The third kappa shape index (κ3) is 4.55. The summed E-state index contributed by atoms with van der Waals surface area (Å²) >= 11 is 5.99. The van der Waals surface area contributed by atoms with Crippen molar-refractivity contribution in [2.24, 2.45) is 0 Å². The van der Waals surface area contributed by atoms with Crippen molar-refractivity contribution in [1.29, 1.82) is 0 Å². The fraction of sp³-hybridized carbons (Fsp3) is 0.0741. The first-order valence-electron chi connectivity index (χ1n) is 10.8. The average Bonchev–Trinajstić information content (AvgIpc) is 3.19. The second-order valence-electron chi connectivity index (χ2n) is 8.14. The number of aromatic nitrogens is 2. The molecule has 0 spiro atoms. The maximum atomic E-state index is 12.9. The topological polar surface area (TPSA) is 64.0 Å². The molecule has 0 unspecified atom stereocenters. The van der Waals surface area contributed by atoms with Gasteiger partial charge in [-0.25, -0.2) is 13.4 Å². The van der Waals surface area contributed by atoms with E-state index in [1.54, 1.807) is 24.3 Å². The Bertz CT molecular complexity index is 1590. The molecule has 0 bridgehead atoms. The number of para-hydroxylation sites is 2. The highest BCUT2D eigenvalue weighted by Crippen LogP contribution is 2.29. The quantitative estimate of drug-likeness (QED) is 0.297. The van der Waals surface area contributed by atoms with Gasteiger partial charge in [0.15, 0.2) is 0 Å². The number of imidazole rings is 1. The number of benzene rings is 4. The zero-order valence-electron chi connectivity index (χ0n) is 18.4. The number of anilines is 1. The Kier molecular flexibility index (Phi) is 5.86. The van der Waals surface area contributed by atoms with Crippen molar-refractivity contribution in [3.05, 3.63) is 113 Å². The molecule has 0 aliphatic rings. The summed E-state index contributed by atoms with van der Waals surface area (Å²) in [5.74, 6) is 0.769. The number of rotatable bonds is 6. The lowest BCUT2D eigenvalue weighted by atomic mass is 10.1. The lowest BCUT2D eigenvalue weighted by Crippen LogP contribution is -2.13. The molecule has 5 nitrogen and oxygen atoms in total. The Labute approximate surface area is 203 Å². The van der Waals surface area contributed by atoms with Crippen molar-refractivity contribution in [3.8, 4) is 11.4 Å². The number of sulfonamides is 1. The molecule has 0 saturated carbocycles. The van der Waals surface area contributed by atoms with Crippen LogP contribution >= 0.6 is 11.6 Å². The molecule has 1 heterocycles. The summed E-state index contributed by atoms with van der Waals surface area (Å²) in [6, 6.07) is 29.9. The minimum Gasteiger partial charge on any atom is -0.319 e. The van der Waals surface area contributed by atoms with Gasteiger partial charge in [-0.05, 0) is 55.0 Å². The van der Waals surface area contributed by atoms with Gasteiger partial charge in [0.25, 0.3) is 10.0 Å². The number of hydrogen-bond acceptors (Lipinski definition) is 3. The van der Waals surface area contributed by atoms with E-state index in [-0.39, 0.29) is 4.90 Å². The Morgan fingerprint density at radius 1 is 0.882 bits per heavy atom. The van der Waals surface area contributed by atoms with Crippen LogP contribution in [0.4, 0.5) is 5.69 Å². The normalized spacial score (nSPS) is 11.6. The van der Waals surface area contributed by atoms with Gasteiger partial charge in [-0.1, -0.05) is 71.8 Å². The van der Waals surface area contributed by atoms with Gasteiger partial charge in [-0.15, -0.1) is 0 Å². The van der Waals surface area contributed by atoms with Crippen LogP contribution in [0, 0.1) is 6.92 Å². The molecule has 0 radical (unpaired) electrons. The van der Waals surface area contributed by atoms with Crippen molar-refractivity contribution < 1.29 is 8.42 Å². The molecule has 1 aromatic heterocycles. The molecule has 34 heavy (non-hydrogen) atoms. The number of nitrogens with one attached hydrogen (secondary N) is 1. The van der Waals surface area contributed by atoms with Crippen molar-refractivity contribution in [2.75, 3.05) is 4.72 Å². The van der Waals surface area contributed by atoms with E-state index in [2.05, 4.69) is 40.5 Å². The lowest BCUT2D eigenvalue weighted by molar-refractivity contribution is 0.601. The minimum atomic E-state index is -3.78. The third-order valence-corrected chi connectivity index (χ3v) is 7.21. The standard InChI is InChI=1S/C27H22ClN3O2S/c1-19-12-14-20(15-13-19)18-31-26-11-3-2-10-25(26)29-27(31)21-6-4-8-23(16-21)30-34(32,33)24-9-5-7-22(28)17-24/h2-17,30H,18H2,1H3. The highest BCUT2D eigenvalue weighted by atomic mass is 35.5. The molecular formula is C27H22ClN3O2S. The number of hydrogen-bond donors (Lipinski definition) is 1. The molecule has 0 amide bonds. The summed E-state index contributed by atoms with van der Waals surface area (Å²) in [6.45, 7) is 2.71. The van der Waals surface area contributed by atoms with Crippen molar-refractivity contribution in [1.82, 2.24) is 9.55 Å². The summed E-state index contributed by atoms with van der Waals surface area (Å²) in [5.41, 5.74) is 5.53. The summed E-state index contributed by atoms with van der Waals surface area (Å²) in [7, 11) is -3.78. The average molecular weight is 488 g/mol. The zero-order valence-corrected chi connectivity index (χ0v) is 20.0. The van der Waals surface area contributed by atoms with Crippen LogP contribution in [0.1, 0.15) is 11.1 Å². The summed E-state index contributed by atoms with van der Waals surface area (Å²) in [6.07, 6.45) is 0. The highest BCUT2D eigenvalue weighted by molar-refractivity contribution is 7.92. The van der Waals surface area contributed by atoms with Gasteiger partial charge in [0.2, 0.25) is 0 Å². The molecule has 170 valence electrons. The second-order valence-corrected chi connectivity index (χ2v) is 10.3. The lowest BCUT2D eigenvalue weighted by Gasteiger charge is -2.12. The van der Waals surface area contributed by atoms with E-state index in [9.17, 15) is 8.42 Å². The molecule has 1 N–H and O–H groups in total. The van der Waals surface area contributed by atoms with Gasteiger partial charge >= 0.3 is 0 Å². The van der Waals surface area contributed by atoms with Crippen molar-refractivity contribution in [2.45, 2.75) is 18.4 Å². The highest BCUT2D eigenvalue weighted by Gasteiger charge is 2.17. The smallest absolute Gasteiger partial charge is 0.261 e. The first-order valence-corrected chi connectivity index (χ1v) is 12.6. The van der Waals surface area contributed by atoms with Crippen LogP contribution in [0.25, 0.3) is 22.4 Å². The zero-order chi connectivity index (χ0) is 23.7. The molecule has 0 saturated heterocycles. The molecule has 4 aromatic carbocycles. The van der Waals surface area contributed by atoms with Gasteiger partial charge in [0, 0.05) is 22.8 Å². The fourth-order valence-corrected chi connectivity index (χ4v) is 5.25. The van der Waals surface area contributed by atoms with Crippen LogP contribution < -0.4 is 4.72 Å². The molecule has 0 aliphatic carbocycles. The van der Waals surface area contributed by atoms with Gasteiger partial charge in [-0.2, -0.15) is 0 Å². The van der Waals surface area contributed by atoms with E-state index in [0.717, 1.165) is 28.0 Å². The molecule has 7 heteroatoms. The van der Waals surface area contributed by atoms with Crippen LogP contribution in [-0.4, -0.2) is 18.0 Å². The van der Waals surface area contributed by atoms with Gasteiger partial charge in [0.1, 0.15) is 5.82 Å². The summed E-state index contributed by atoms with van der Waals surface area (Å²) in [4.78, 5) is 4.98. The maximum Gasteiger partial charge on any atom is 0.261 e. The van der Waals surface area contributed by atoms with E-state index >= 15 is 0 Å². The van der Waals surface area contributed by atoms with Gasteiger partial charge in [-0.3, -0.25) is 4.72 Å². The first kappa shape index (κ1) is 22.2. The number of aryl methyl sites for hydroxylation is 1. The molecule has 0 aliphatic heterocycles. The Balaban J connectivity index is 1.54. The van der Waals surface area contributed by atoms with E-state index in [0.29, 0.717) is 17.3 Å². The third-order valence-electron chi connectivity index (χ3n) is 5.60. The first-order chi connectivity index (χ1) is 16.4. The Hall–Kier alpha value is -3.61. The van der Waals surface area contributed by atoms with Crippen molar-refractivity contribution in [3.63, 3.8) is 0 Å². The van der Waals surface area contributed by atoms with Crippen LogP contribution in [0.3, 0.4) is 0 Å². The van der Waals surface area contributed by atoms with Gasteiger partial charge < -0.3 is 4.57 Å². The predicted octanol–water partition coefficient (Wildman–Crippen LogP) is 6.51. The molecule has 5 aromatic rings. The van der Waals surface area contributed by atoms with E-state index < -0.39 is 10.0 Å². The van der Waals surface area contributed by atoms with E-state index in [4.69, 9.17) is 16.6 Å². The molecule has 0 fully saturated rings. The van der Waals surface area contributed by atoms with Crippen molar-refractivity contribution >= 4 is 38.3 Å². The second kappa shape index (κ2) is 8.97. The van der Waals surface area contributed by atoms with Crippen LogP contribution in [-0.2, 0) is 16.6 Å². The Morgan fingerprint density at radius 2 is 1.65 bits per heavy atom. The Morgan fingerprint density at radius 3 is 2.44 bits per heavy atom. The monoisotopic (exact) mass is 487 g/mol. The predicted molar refractivity (Wildman–Crippen MR) is 138 cm³/mol. The largest absolute Gasteiger partial charge is 0.319 e. The van der Waals surface area contributed by atoms with Crippen LogP contribution in [0.5, 0.6) is 0 Å². The summed E-state index contributed by atoms with van der Waals surface area (Å²) in [5, 5.41) is 0.362. The SMILES string of the molecule is Cc1ccc(Cn2c(-c3cccc(NS(=O)(=O)c4cccc(Cl)c4)c3)nc3ccccc32)cc1. The summed E-state index contributed by atoms with van der Waals surface area (Å²) < 4.78 is 30.6. The van der Waals surface area contributed by atoms with E-state index in [1.807, 2.05) is 36.4 Å². The number of fused-ring (bicyclic) bond motifs is 1. The number of nitrogens with zero attached hydrogens (tertiary/aromatic N) is 2. The number of halogens is 1. The van der Waals surface area contributed by atoms with Gasteiger partial charge in [0.05, 0.1) is 15.9 Å². The minimum absolute atomic E-state index is 0.108. The van der Waals surface area contributed by atoms with Crippen LogP contribution in [0.15, 0.2) is 102 Å². The molecule has 5 rings (SSSR count). The fourth-order valence-electron chi connectivity index (χ4n) is 3.90. The maximum absolute atomic E-state index is 12.9. The van der Waals surface area contributed by atoms with E-state index in [1.165, 1.54) is 17.7 Å².